The Bertz CT molecular complexity index is 557. The molecule has 0 spiro atoms. The Morgan fingerprint density at radius 3 is 2.47 bits per heavy atom. The summed E-state index contributed by atoms with van der Waals surface area (Å²) in [7, 11) is 1.56. The zero-order valence-corrected chi connectivity index (χ0v) is 12.4. The van der Waals surface area contributed by atoms with Gasteiger partial charge in [-0.25, -0.2) is 4.39 Å². The average molecular weight is 324 g/mol. The molecule has 0 bridgehead atoms. The van der Waals surface area contributed by atoms with Gasteiger partial charge in [0.1, 0.15) is 11.6 Å². The lowest BCUT2D eigenvalue weighted by Crippen LogP contribution is -2.08. The first kappa shape index (κ1) is 13.9. The predicted molar refractivity (Wildman–Crippen MR) is 79.1 cm³/mol. The second-order valence-corrected chi connectivity index (χ2v) is 5.18. The van der Waals surface area contributed by atoms with Crippen molar-refractivity contribution in [1.29, 1.82) is 0 Å². The molecule has 2 nitrogen and oxygen atoms in total. The van der Waals surface area contributed by atoms with Crippen LogP contribution in [-0.2, 0) is 0 Å². The molecule has 4 heteroatoms. The van der Waals surface area contributed by atoms with Gasteiger partial charge in [-0.05, 0) is 36.8 Å². The van der Waals surface area contributed by atoms with Gasteiger partial charge in [0, 0.05) is 16.6 Å². The van der Waals surface area contributed by atoms with Crippen LogP contribution in [0, 0.1) is 5.82 Å². The molecule has 1 unspecified atom stereocenters. The van der Waals surface area contributed by atoms with Gasteiger partial charge in [0.2, 0.25) is 0 Å². The van der Waals surface area contributed by atoms with E-state index in [1.165, 1.54) is 6.07 Å². The normalized spacial score (nSPS) is 12.0. The summed E-state index contributed by atoms with van der Waals surface area (Å²) in [6.07, 6.45) is 0. The molecule has 0 heterocycles. The molecule has 0 aliphatic carbocycles. The molecular formula is C15H15BrFNO. The standard InChI is InChI=1S/C15H15BrFNO/c1-10(11-3-5-12(16)6-4-11)18-15-9-13(19-2)7-8-14(15)17/h3-10,18H,1-2H3. The number of rotatable bonds is 4. The molecule has 0 radical (unpaired) electrons. The van der Waals surface area contributed by atoms with Crippen LogP contribution in [0.1, 0.15) is 18.5 Å². The lowest BCUT2D eigenvalue weighted by Gasteiger charge is -2.17. The highest BCUT2D eigenvalue weighted by Crippen LogP contribution is 2.26. The van der Waals surface area contributed by atoms with Gasteiger partial charge in [0.25, 0.3) is 0 Å². The van der Waals surface area contributed by atoms with Crippen molar-refractivity contribution in [1.82, 2.24) is 0 Å². The summed E-state index contributed by atoms with van der Waals surface area (Å²) in [5, 5.41) is 3.15. The minimum absolute atomic E-state index is 0.00899. The molecule has 0 amide bonds. The van der Waals surface area contributed by atoms with Crippen molar-refractivity contribution in [3.05, 3.63) is 58.3 Å². The Kier molecular flexibility index (Phi) is 4.43. The van der Waals surface area contributed by atoms with Gasteiger partial charge in [0.15, 0.2) is 0 Å². The smallest absolute Gasteiger partial charge is 0.146 e. The van der Waals surface area contributed by atoms with E-state index < -0.39 is 0 Å². The summed E-state index contributed by atoms with van der Waals surface area (Å²) in [4.78, 5) is 0. The third-order valence-corrected chi connectivity index (χ3v) is 3.44. The van der Waals surface area contributed by atoms with Crippen molar-refractivity contribution < 1.29 is 9.13 Å². The fraction of sp³-hybridized carbons (Fsp3) is 0.200. The summed E-state index contributed by atoms with van der Waals surface area (Å²) in [6.45, 7) is 1.99. The molecule has 2 aromatic carbocycles. The van der Waals surface area contributed by atoms with Crippen molar-refractivity contribution in [3.8, 4) is 5.75 Å². The van der Waals surface area contributed by atoms with Crippen LogP contribution in [0.5, 0.6) is 5.75 Å². The van der Waals surface area contributed by atoms with E-state index in [1.807, 2.05) is 31.2 Å². The van der Waals surface area contributed by atoms with Crippen molar-refractivity contribution in [3.63, 3.8) is 0 Å². The fourth-order valence-electron chi connectivity index (χ4n) is 1.81. The summed E-state index contributed by atoms with van der Waals surface area (Å²) in [6, 6.07) is 12.6. The average Bonchev–Trinajstić information content (AvgIpc) is 2.42. The lowest BCUT2D eigenvalue weighted by atomic mass is 10.1. The van der Waals surface area contributed by atoms with E-state index in [2.05, 4.69) is 21.2 Å². The monoisotopic (exact) mass is 323 g/mol. The molecule has 2 rings (SSSR count). The highest BCUT2D eigenvalue weighted by molar-refractivity contribution is 9.10. The molecule has 0 aliphatic rings. The molecular weight excluding hydrogens is 309 g/mol. The maximum atomic E-state index is 13.7. The summed E-state index contributed by atoms with van der Waals surface area (Å²) in [5.41, 5.74) is 1.53. The van der Waals surface area contributed by atoms with Crippen LogP contribution in [0.3, 0.4) is 0 Å². The van der Waals surface area contributed by atoms with Crippen LogP contribution in [0.15, 0.2) is 46.9 Å². The maximum absolute atomic E-state index is 13.7. The molecule has 0 saturated heterocycles. The molecule has 1 atom stereocenters. The molecule has 2 aromatic rings. The van der Waals surface area contributed by atoms with Crippen molar-refractivity contribution >= 4 is 21.6 Å². The minimum Gasteiger partial charge on any atom is -0.497 e. The van der Waals surface area contributed by atoms with E-state index in [1.54, 1.807) is 19.2 Å². The topological polar surface area (TPSA) is 21.3 Å². The fourth-order valence-corrected chi connectivity index (χ4v) is 2.07. The Labute approximate surface area is 120 Å². The molecule has 0 fully saturated rings. The van der Waals surface area contributed by atoms with E-state index in [9.17, 15) is 4.39 Å². The lowest BCUT2D eigenvalue weighted by molar-refractivity contribution is 0.414. The highest BCUT2D eigenvalue weighted by atomic mass is 79.9. The third-order valence-electron chi connectivity index (χ3n) is 2.92. The molecule has 100 valence electrons. The first-order valence-corrected chi connectivity index (χ1v) is 6.75. The van der Waals surface area contributed by atoms with Crippen LogP contribution >= 0.6 is 15.9 Å². The van der Waals surface area contributed by atoms with Gasteiger partial charge >= 0.3 is 0 Å². The molecule has 0 aliphatic heterocycles. The summed E-state index contributed by atoms with van der Waals surface area (Å²) < 4.78 is 19.8. The summed E-state index contributed by atoms with van der Waals surface area (Å²) >= 11 is 3.39. The zero-order valence-electron chi connectivity index (χ0n) is 10.8. The molecule has 0 saturated carbocycles. The van der Waals surface area contributed by atoms with Gasteiger partial charge in [-0.15, -0.1) is 0 Å². The first-order valence-electron chi connectivity index (χ1n) is 5.95. The predicted octanol–water partition coefficient (Wildman–Crippen LogP) is 4.77. The number of nitrogens with one attached hydrogen (secondary N) is 1. The van der Waals surface area contributed by atoms with Gasteiger partial charge in [-0.2, -0.15) is 0 Å². The number of hydrogen-bond acceptors (Lipinski definition) is 2. The van der Waals surface area contributed by atoms with Crippen LogP contribution in [0.25, 0.3) is 0 Å². The Balaban J connectivity index is 2.18. The van der Waals surface area contributed by atoms with Crippen LogP contribution in [0.4, 0.5) is 10.1 Å². The van der Waals surface area contributed by atoms with Gasteiger partial charge in [-0.1, -0.05) is 28.1 Å². The largest absolute Gasteiger partial charge is 0.497 e. The number of benzene rings is 2. The second-order valence-electron chi connectivity index (χ2n) is 4.26. The SMILES string of the molecule is COc1ccc(F)c(NC(C)c2ccc(Br)cc2)c1. The van der Waals surface area contributed by atoms with E-state index in [0.29, 0.717) is 11.4 Å². The van der Waals surface area contributed by atoms with Crippen LogP contribution < -0.4 is 10.1 Å². The van der Waals surface area contributed by atoms with E-state index in [4.69, 9.17) is 4.74 Å². The van der Waals surface area contributed by atoms with Crippen LogP contribution in [0.2, 0.25) is 0 Å². The van der Waals surface area contributed by atoms with Gasteiger partial charge in [-0.3, -0.25) is 0 Å². The minimum atomic E-state index is -0.287. The summed E-state index contributed by atoms with van der Waals surface area (Å²) in [5.74, 6) is 0.344. The maximum Gasteiger partial charge on any atom is 0.146 e. The number of halogens is 2. The number of hydrogen-bond donors (Lipinski definition) is 1. The van der Waals surface area contributed by atoms with Crippen molar-refractivity contribution in [2.24, 2.45) is 0 Å². The number of methoxy groups -OCH3 is 1. The Morgan fingerprint density at radius 2 is 1.84 bits per heavy atom. The molecule has 0 aromatic heterocycles. The Morgan fingerprint density at radius 1 is 1.16 bits per heavy atom. The van der Waals surface area contributed by atoms with Crippen LogP contribution in [-0.4, -0.2) is 7.11 Å². The van der Waals surface area contributed by atoms with Gasteiger partial charge < -0.3 is 10.1 Å². The Hall–Kier alpha value is -1.55. The molecule has 1 N–H and O–H groups in total. The number of anilines is 1. The quantitative estimate of drug-likeness (QED) is 0.875. The van der Waals surface area contributed by atoms with Crippen molar-refractivity contribution in [2.75, 3.05) is 12.4 Å². The van der Waals surface area contributed by atoms with E-state index in [-0.39, 0.29) is 11.9 Å². The molecule has 19 heavy (non-hydrogen) atoms. The number of ether oxygens (including phenoxy) is 1. The second kappa shape index (κ2) is 6.06. The zero-order chi connectivity index (χ0) is 13.8. The third kappa shape index (κ3) is 3.47. The highest BCUT2D eigenvalue weighted by Gasteiger charge is 2.09. The first-order chi connectivity index (χ1) is 9.10. The van der Waals surface area contributed by atoms with Gasteiger partial charge in [0.05, 0.1) is 12.8 Å². The van der Waals surface area contributed by atoms with E-state index in [0.717, 1.165) is 10.0 Å². The van der Waals surface area contributed by atoms with E-state index >= 15 is 0 Å². The van der Waals surface area contributed by atoms with Crippen molar-refractivity contribution in [2.45, 2.75) is 13.0 Å².